The third-order valence-electron chi connectivity index (χ3n) is 6.94. The van der Waals surface area contributed by atoms with Crippen LogP contribution in [-0.4, -0.2) is 37.1 Å². The van der Waals surface area contributed by atoms with E-state index >= 15 is 0 Å². The Bertz CT molecular complexity index is 1320. The Morgan fingerprint density at radius 2 is 1.94 bits per heavy atom. The second-order valence-electron chi connectivity index (χ2n) is 8.93. The number of fused-ring (bicyclic) bond motifs is 1. The van der Waals surface area contributed by atoms with Crippen LogP contribution in [0, 0.1) is 5.41 Å². The smallest absolute Gasteiger partial charge is 0.251 e. The minimum atomic E-state index is -3.54. The minimum absolute atomic E-state index is 0.00397. The summed E-state index contributed by atoms with van der Waals surface area (Å²) < 4.78 is 31.3. The van der Waals surface area contributed by atoms with Crippen molar-refractivity contribution in [2.45, 2.75) is 49.5 Å². The first kappa shape index (κ1) is 21.4. The third-order valence-corrected chi connectivity index (χ3v) is 8.85. The van der Waals surface area contributed by atoms with Crippen molar-refractivity contribution in [1.82, 2.24) is 15.3 Å². The van der Waals surface area contributed by atoms with Gasteiger partial charge in [0.2, 0.25) is 0 Å². The molecule has 7 nitrogen and oxygen atoms in total. The van der Waals surface area contributed by atoms with Crippen LogP contribution in [0.25, 0.3) is 11.1 Å². The van der Waals surface area contributed by atoms with Gasteiger partial charge in [-0.05, 0) is 61.3 Å². The van der Waals surface area contributed by atoms with E-state index < -0.39 is 9.84 Å². The van der Waals surface area contributed by atoms with Gasteiger partial charge in [-0.2, -0.15) is 0 Å². The summed E-state index contributed by atoms with van der Waals surface area (Å²) in [7, 11) is -1.99. The number of sulfone groups is 1. The van der Waals surface area contributed by atoms with E-state index in [1.165, 1.54) is 6.20 Å². The number of oxazole rings is 1. The molecule has 9 heteroatoms. The Balaban J connectivity index is 1.37. The van der Waals surface area contributed by atoms with Crippen molar-refractivity contribution in [1.29, 1.82) is 0 Å². The average Bonchev–Trinajstić information content (AvgIpc) is 3.13. The first-order chi connectivity index (χ1) is 15.2. The number of nitrogens with one attached hydrogen (secondary N) is 1. The number of halogens is 1. The minimum Gasteiger partial charge on any atom is -0.440 e. The standard InChI is InChI=1S/C23H24ClN3O4S/c1-3-32(29,30)22-19(16(6-7-26-22)20(28)25-2)13-9-23(10-13)11-14(12-23)21-27-17-8-15(24)4-5-18(17)31-21/h4-8,13-14H,3,9-12H2,1-2H3,(H,25,28). The fourth-order valence-electron chi connectivity index (χ4n) is 5.34. The maximum absolute atomic E-state index is 12.7. The van der Waals surface area contributed by atoms with Crippen molar-refractivity contribution in [3.05, 3.63) is 52.5 Å². The molecule has 0 bridgehead atoms. The lowest BCUT2D eigenvalue weighted by Gasteiger charge is -2.57. The number of hydrogen-bond acceptors (Lipinski definition) is 6. The molecule has 0 aliphatic heterocycles. The van der Waals surface area contributed by atoms with Gasteiger partial charge in [0.25, 0.3) is 5.91 Å². The lowest BCUT2D eigenvalue weighted by atomic mass is 9.47. The highest BCUT2D eigenvalue weighted by atomic mass is 35.5. The second-order valence-corrected chi connectivity index (χ2v) is 11.6. The highest BCUT2D eigenvalue weighted by Crippen LogP contribution is 2.67. The molecule has 0 atom stereocenters. The van der Waals surface area contributed by atoms with Crippen LogP contribution < -0.4 is 5.32 Å². The van der Waals surface area contributed by atoms with Gasteiger partial charge in [0, 0.05) is 35.3 Å². The molecule has 2 aliphatic rings. The predicted octanol–water partition coefficient (Wildman–Crippen LogP) is 4.47. The van der Waals surface area contributed by atoms with E-state index in [0.717, 1.165) is 42.7 Å². The monoisotopic (exact) mass is 473 g/mol. The Kier molecular flexibility index (Phi) is 5.05. The summed E-state index contributed by atoms with van der Waals surface area (Å²) in [5, 5.41) is 3.30. The molecule has 2 saturated carbocycles. The van der Waals surface area contributed by atoms with Crippen LogP contribution in [0.4, 0.5) is 0 Å². The number of amides is 1. The molecule has 168 valence electrons. The highest BCUT2D eigenvalue weighted by molar-refractivity contribution is 7.91. The Hall–Kier alpha value is -2.45. The quantitative estimate of drug-likeness (QED) is 0.586. The Morgan fingerprint density at radius 1 is 1.22 bits per heavy atom. The molecular weight excluding hydrogens is 450 g/mol. The van der Waals surface area contributed by atoms with Crippen LogP contribution in [0.15, 0.2) is 39.9 Å². The number of pyridine rings is 1. The summed E-state index contributed by atoms with van der Waals surface area (Å²) in [5.41, 5.74) is 2.61. The van der Waals surface area contributed by atoms with Gasteiger partial charge in [-0.3, -0.25) is 4.79 Å². The van der Waals surface area contributed by atoms with Gasteiger partial charge in [-0.15, -0.1) is 0 Å². The largest absolute Gasteiger partial charge is 0.440 e. The zero-order chi connectivity index (χ0) is 22.7. The number of nitrogens with zero attached hydrogens (tertiary/aromatic N) is 2. The molecule has 2 aromatic heterocycles. The number of hydrogen-bond donors (Lipinski definition) is 1. The molecular formula is C23H24ClN3O4S. The third kappa shape index (κ3) is 3.40. The van der Waals surface area contributed by atoms with Crippen LogP contribution in [0.2, 0.25) is 5.02 Å². The lowest BCUT2D eigenvalue weighted by Crippen LogP contribution is -2.46. The first-order valence-corrected chi connectivity index (χ1v) is 12.8. The van der Waals surface area contributed by atoms with Crippen molar-refractivity contribution in [2.75, 3.05) is 12.8 Å². The molecule has 1 aromatic carbocycles. The molecule has 1 spiro atoms. The Morgan fingerprint density at radius 3 is 2.62 bits per heavy atom. The summed E-state index contributed by atoms with van der Waals surface area (Å²) in [6, 6.07) is 7.04. The molecule has 0 unspecified atom stereocenters. The first-order valence-electron chi connectivity index (χ1n) is 10.7. The van der Waals surface area contributed by atoms with Crippen molar-refractivity contribution < 1.29 is 17.6 Å². The Labute approximate surface area is 191 Å². The zero-order valence-corrected chi connectivity index (χ0v) is 19.5. The molecule has 0 radical (unpaired) electrons. The average molecular weight is 474 g/mol. The summed E-state index contributed by atoms with van der Waals surface area (Å²) in [6.45, 7) is 1.60. The van der Waals surface area contributed by atoms with Crippen LogP contribution in [0.5, 0.6) is 0 Å². The van der Waals surface area contributed by atoms with E-state index in [1.807, 2.05) is 6.07 Å². The van der Waals surface area contributed by atoms with Crippen LogP contribution in [0.1, 0.15) is 66.3 Å². The maximum atomic E-state index is 12.7. The van der Waals surface area contributed by atoms with E-state index in [0.29, 0.717) is 16.1 Å². The second kappa shape index (κ2) is 7.56. The van der Waals surface area contributed by atoms with Gasteiger partial charge >= 0.3 is 0 Å². The fourth-order valence-corrected chi connectivity index (χ4v) is 6.61. The molecule has 2 fully saturated rings. The molecule has 5 rings (SSSR count). The zero-order valence-electron chi connectivity index (χ0n) is 17.9. The molecule has 3 aromatic rings. The number of benzene rings is 1. The van der Waals surface area contributed by atoms with Gasteiger partial charge in [0.15, 0.2) is 26.3 Å². The fraction of sp³-hybridized carbons (Fsp3) is 0.435. The molecule has 1 amide bonds. The molecule has 2 aliphatic carbocycles. The molecule has 2 heterocycles. The van der Waals surface area contributed by atoms with Crippen molar-refractivity contribution in [3.8, 4) is 0 Å². The van der Waals surface area contributed by atoms with E-state index in [1.54, 1.807) is 32.2 Å². The van der Waals surface area contributed by atoms with E-state index in [4.69, 9.17) is 16.0 Å². The van der Waals surface area contributed by atoms with Crippen LogP contribution in [-0.2, 0) is 9.84 Å². The molecule has 1 N–H and O–H groups in total. The van der Waals surface area contributed by atoms with Crippen LogP contribution in [0.3, 0.4) is 0 Å². The van der Waals surface area contributed by atoms with E-state index in [2.05, 4.69) is 15.3 Å². The van der Waals surface area contributed by atoms with Gasteiger partial charge < -0.3 is 9.73 Å². The van der Waals surface area contributed by atoms with Gasteiger partial charge in [0.05, 0.1) is 5.75 Å². The van der Waals surface area contributed by atoms with Gasteiger partial charge in [0.1, 0.15) is 5.52 Å². The van der Waals surface area contributed by atoms with E-state index in [9.17, 15) is 13.2 Å². The van der Waals surface area contributed by atoms with Crippen molar-refractivity contribution in [3.63, 3.8) is 0 Å². The summed E-state index contributed by atoms with van der Waals surface area (Å²) in [4.78, 5) is 21.3. The normalized spacial score (nSPS) is 24.8. The van der Waals surface area contributed by atoms with E-state index in [-0.39, 0.29) is 33.9 Å². The van der Waals surface area contributed by atoms with Crippen molar-refractivity contribution >= 4 is 38.4 Å². The van der Waals surface area contributed by atoms with Crippen molar-refractivity contribution in [2.24, 2.45) is 5.41 Å². The van der Waals surface area contributed by atoms with Gasteiger partial charge in [-0.25, -0.2) is 18.4 Å². The molecule has 32 heavy (non-hydrogen) atoms. The summed E-state index contributed by atoms with van der Waals surface area (Å²) in [6.07, 6.45) is 4.95. The molecule has 0 saturated heterocycles. The highest BCUT2D eigenvalue weighted by Gasteiger charge is 2.55. The maximum Gasteiger partial charge on any atom is 0.251 e. The number of rotatable bonds is 5. The number of carbonyl (C=O) groups is 1. The van der Waals surface area contributed by atoms with Gasteiger partial charge in [-0.1, -0.05) is 18.5 Å². The topological polar surface area (TPSA) is 102 Å². The SMILES string of the molecule is CCS(=O)(=O)c1nccc(C(=O)NC)c1C1CC2(CC(c3nc4cc(Cl)ccc4o3)C2)C1. The van der Waals surface area contributed by atoms with Crippen LogP contribution >= 0.6 is 11.6 Å². The lowest BCUT2D eigenvalue weighted by molar-refractivity contribution is -0.0196. The summed E-state index contributed by atoms with van der Waals surface area (Å²) >= 11 is 6.05. The number of aromatic nitrogens is 2. The predicted molar refractivity (Wildman–Crippen MR) is 121 cm³/mol. The summed E-state index contributed by atoms with van der Waals surface area (Å²) in [5.74, 6) is 0.640. The number of carbonyl (C=O) groups excluding carboxylic acids is 1.